The molecule has 2 heterocycles. The number of aromatic carboxylic acids is 1. The molecule has 0 fully saturated rings. The molecule has 0 aliphatic rings. The highest BCUT2D eigenvalue weighted by Crippen LogP contribution is 2.31. The fourth-order valence-corrected chi connectivity index (χ4v) is 2.40. The third-order valence-electron chi connectivity index (χ3n) is 2.40. The molecule has 2 aromatic rings. The van der Waals surface area contributed by atoms with Crippen molar-refractivity contribution in [2.24, 2.45) is 0 Å². The SMILES string of the molecule is CC(C)(C)c1nc(-c2c[nH]cc2C(=O)O)cs1. The van der Waals surface area contributed by atoms with Crippen molar-refractivity contribution in [3.05, 3.63) is 28.3 Å². The van der Waals surface area contributed by atoms with Gasteiger partial charge >= 0.3 is 5.97 Å². The highest BCUT2D eigenvalue weighted by atomic mass is 32.1. The summed E-state index contributed by atoms with van der Waals surface area (Å²) in [6.45, 7) is 6.26. The van der Waals surface area contributed by atoms with Gasteiger partial charge in [-0.1, -0.05) is 20.8 Å². The van der Waals surface area contributed by atoms with Crippen LogP contribution in [0.5, 0.6) is 0 Å². The number of nitrogens with zero attached hydrogens (tertiary/aromatic N) is 1. The zero-order chi connectivity index (χ0) is 12.6. The summed E-state index contributed by atoms with van der Waals surface area (Å²) in [5.74, 6) is -0.938. The molecule has 2 N–H and O–H groups in total. The Morgan fingerprint density at radius 1 is 1.41 bits per heavy atom. The zero-order valence-corrected chi connectivity index (χ0v) is 10.8. The van der Waals surface area contributed by atoms with E-state index < -0.39 is 5.97 Å². The van der Waals surface area contributed by atoms with Crippen LogP contribution in [-0.4, -0.2) is 21.0 Å². The molecule has 0 aliphatic carbocycles. The maximum Gasteiger partial charge on any atom is 0.337 e. The minimum absolute atomic E-state index is 0.0113. The normalized spacial score (nSPS) is 11.7. The molecule has 2 rings (SSSR count). The van der Waals surface area contributed by atoms with E-state index in [1.165, 1.54) is 6.20 Å². The molecule has 0 saturated heterocycles. The summed E-state index contributed by atoms with van der Waals surface area (Å²) in [7, 11) is 0. The Morgan fingerprint density at radius 3 is 2.65 bits per heavy atom. The van der Waals surface area contributed by atoms with E-state index in [0.717, 1.165) is 10.7 Å². The smallest absolute Gasteiger partial charge is 0.337 e. The quantitative estimate of drug-likeness (QED) is 0.860. The summed E-state index contributed by atoms with van der Waals surface area (Å²) in [6, 6.07) is 0. The first-order valence-electron chi connectivity index (χ1n) is 5.26. The molecule has 2 aromatic heterocycles. The summed E-state index contributed by atoms with van der Waals surface area (Å²) in [5, 5.41) is 11.9. The van der Waals surface area contributed by atoms with Crippen LogP contribution in [0.2, 0.25) is 0 Å². The summed E-state index contributed by atoms with van der Waals surface area (Å²) < 4.78 is 0. The Hall–Kier alpha value is -1.62. The Kier molecular flexibility index (Phi) is 2.79. The molecule has 90 valence electrons. The van der Waals surface area contributed by atoms with E-state index in [1.54, 1.807) is 17.5 Å². The van der Waals surface area contributed by atoms with Gasteiger partial charge < -0.3 is 10.1 Å². The molecule has 4 nitrogen and oxygen atoms in total. The van der Waals surface area contributed by atoms with Crippen LogP contribution in [0.25, 0.3) is 11.3 Å². The van der Waals surface area contributed by atoms with Crippen molar-refractivity contribution in [3.63, 3.8) is 0 Å². The topological polar surface area (TPSA) is 66.0 Å². The molecule has 0 amide bonds. The standard InChI is InChI=1S/C12H14N2O2S/c1-12(2,3)11-14-9(6-17-11)7-4-13-5-8(7)10(15)16/h4-6,13H,1-3H3,(H,15,16). The number of H-pyrrole nitrogens is 1. The van der Waals surface area contributed by atoms with Gasteiger partial charge in [-0.3, -0.25) is 0 Å². The van der Waals surface area contributed by atoms with Gasteiger partial charge in [0.15, 0.2) is 0 Å². The summed E-state index contributed by atoms with van der Waals surface area (Å²) in [6.07, 6.45) is 3.15. The number of hydrogen-bond acceptors (Lipinski definition) is 3. The average Bonchev–Trinajstić information content (AvgIpc) is 2.85. The summed E-state index contributed by atoms with van der Waals surface area (Å²) in [5.41, 5.74) is 1.61. The van der Waals surface area contributed by atoms with E-state index >= 15 is 0 Å². The van der Waals surface area contributed by atoms with Crippen LogP contribution in [0.4, 0.5) is 0 Å². The maximum absolute atomic E-state index is 11.0. The van der Waals surface area contributed by atoms with E-state index in [1.807, 2.05) is 5.38 Å². The first-order chi connectivity index (χ1) is 7.89. The Morgan fingerprint density at radius 2 is 2.12 bits per heavy atom. The lowest BCUT2D eigenvalue weighted by molar-refractivity contribution is 0.0698. The zero-order valence-electron chi connectivity index (χ0n) is 9.94. The Labute approximate surface area is 103 Å². The number of nitrogens with one attached hydrogen (secondary N) is 1. The van der Waals surface area contributed by atoms with Gasteiger partial charge in [0.05, 0.1) is 16.3 Å². The van der Waals surface area contributed by atoms with E-state index in [9.17, 15) is 4.79 Å². The number of aromatic amines is 1. The molecule has 0 atom stereocenters. The van der Waals surface area contributed by atoms with Crippen LogP contribution in [-0.2, 0) is 5.41 Å². The molecule has 0 aromatic carbocycles. The van der Waals surface area contributed by atoms with Crippen LogP contribution in [0, 0.1) is 0 Å². The van der Waals surface area contributed by atoms with Crippen molar-refractivity contribution in [2.75, 3.05) is 0 Å². The van der Waals surface area contributed by atoms with Gasteiger partial charge in [0, 0.05) is 28.8 Å². The average molecular weight is 250 g/mol. The second kappa shape index (κ2) is 4.00. The minimum Gasteiger partial charge on any atom is -0.478 e. The number of carboxylic acids is 1. The summed E-state index contributed by atoms with van der Waals surface area (Å²) in [4.78, 5) is 18.3. The highest BCUT2D eigenvalue weighted by molar-refractivity contribution is 7.10. The van der Waals surface area contributed by atoms with Gasteiger partial charge in [-0.15, -0.1) is 11.3 Å². The first-order valence-corrected chi connectivity index (χ1v) is 6.14. The van der Waals surface area contributed by atoms with Crippen LogP contribution in [0.3, 0.4) is 0 Å². The van der Waals surface area contributed by atoms with Crippen molar-refractivity contribution in [2.45, 2.75) is 26.2 Å². The third kappa shape index (κ3) is 2.24. The Bertz CT molecular complexity index is 549. The predicted octanol–water partition coefficient (Wildman–Crippen LogP) is 3.13. The van der Waals surface area contributed by atoms with Crippen molar-refractivity contribution < 1.29 is 9.90 Å². The number of hydrogen-bond donors (Lipinski definition) is 2. The number of aromatic nitrogens is 2. The molecule has 0 bridgehead atoms. The number of thiazole rings is 1. The van der Waals surface area contributed by atoms with Crippen molar-refractivity contribution in [1.29, 1.82) is 0 Å². The molecular formula is C12H14N2O2S. The lowest BCUT2D eigenvalue weighted by Crippen LogP contribution is -2.10. The highest BCUT2D eigenvalue weighted by Gasteiger charge is 2.20. The van der Waals surface area contributed by atoms with Gasteiger partial charge in [0.2, 0.25) is 0 Å². The molecule has 0 radical (unpaired) electrons. The van der Waals surface area contributed by atoms with Crippen LogP contribution in [0.1, 0.15) is 36.1 Å². The van der Waals surface area contributed by atoms with E-state index in [2.05, 4.69) is 30.7 Å². The Balaban J connectivity index is 2.44. The molecule has 0 spiro atoms. The molecule has 0 unspecified atom stereocenters. The second-order valence-electron chi connectivity index (χ2n) is 4.88. The number of carboxylic acid groups (broad SMARTS) is 1. The first kappa shape index (κ1) is 11.9. The molecule has 0 aliphatic heterocycles. The maximum atomic E-state index is 11.0. The van der Waals surface area contributed by atoms with Crippen molar-refractivity contribution in [3.8, 4) is 11.3 Å². The van der Waals surface area contributed by atoms with E-state index in [0.29, 0.717) is 5.56 Å². The van der Waals surface area contributed by atoms with Crippen LogP contribution in [0.15, 0.2) is 17.8 Å². The lowest BCUT2D eigenvalue weighted by atomic mass is 9.98. The number of carbonyl (C=O) groups is 1. The fraction of sp³-hybridized carbons (Fsp3) is 0.333. The monoisotopic (exact) mass is 250 g/mol. The van der Waals surface area contributed by atoms with E-state index in [4.69, 9.17) is 5.11 Å². The van der Waals surface area contributed by atoms with Gasteiger partial charge in [-0.2, -0.15) is 0 Å². The van der Waals surface area contributed by atoms with Gasteiger partial charge in [-0.25, -0.2) is 9.78 Å². The van der Waals surface area contributed by atoms with Crippen molar-refractivity contribution in [1.82, 2.24) is 9.97 Å². The summed E-state index contributed by atoms with van der Waals surface area (Å²) >= 11 is 1.56. The van der Waals surface area contributed by atoms with Crippen LogP contribution < -0.4 is 0 Å². The molecular weight excluding hydrogens is 236 g/mol. The second-order valence-corrected chi connectivity index (χ2v) is 5.73. The fourth-order valence-electron chi connectivity index (χ4n) is 1.49. The largest absolute Gasteiger partial charge is 0.478 e. The number of rotatable bonds is 2. The third-order valence-corrected chi connectivity index (χ3v) is 3.67. The molecule has 5 heteroatoms. The minimum atomic E-state index is -0.938. The predicted molar refractivity (Wildman–Crippen MR) is 67.6 cm³/mol. The molecule has 0 saturated carbocycles. The van der Waals surface area contributed by atoms with E-state index in [-0.39, 0.29) is 11.0 Å². The van der Waals surface area contributed by atoms with Gasteiger partial charge in [0.1, 0.15) is 0 Å². The lowest BCUT2D eigenvalue weighted by Gasteiger charge is -2.13. The van der Waals surface area contributed by atoms with Crippen molar-refractivity contribution >= 4 is 17.3 Å². The van der Waals surface area contributed by atoms with Crippen LogP contribution >= 0.6 is 11.3 Å². The molecule has 17 heavy (non-hydrogen) atoms. The van der Waals surface area contributed by atoms with Gasteiger partial charge in [0.25, 0.3) is 0 Å². The van der Waals surface area contributed by atoms with Gasteiger partial charge in [-0.05, 0) is 0 Å².